The van der Waals surface area contributed by atoms with Gasteiger partial charge in [-0.2, -0.15) is 8.42 Å². The lowest BCUT2D eigenvalue weighted by atomic mass is 9.80. The maximum Gasteiger partial charge on any atom is 0.359 e. The van der Waals surface area contributed by atoms with Crippen LogP contribution in [0, 0.1) is 26.2 Å². The maximum absolute atomic E-state index is 12.7. The van der Waals surface area contributed by atoms with Crippen molar-refractivity contribution in [1.82, 2.24) is 0 Å². The number of nitrogens with zero attached hydrogens (tertiary/aromatic N) is 1. The van der Waals surface area contributed by atoms with Gasteiger partial charge in [-0.3, -0.25) is 9.54 Å². The summed E-state index contributed by atoms with van der Waals surface area (Å²) in [6, 6.07) is 10.9. The lowest BCUT2D eigenvalue weighted by molar-refractivity contribution is -0.305. The summed E-state index contributed by atoms with van der Waals surface area (Å²) in [6.07, 6.45) is 0.349. The molecule has 0 aromatic heterocycles. The minimum Gasteiger partial charge on any atom is -0.264 e. The molecule has 0 heterocycles. The molecular formula is C23H31NO5S. The average molecular weight is 434 g/mol. The number of rotatable bonds is 8. The predicted octanol–water partition coefficient (Wildman–Crippen LogP) is 5.71. The van der Waals surface area contributed by atoms with E-state index >= 15 is 0 Å². The summed E-state index contributed by atoms with van der Waals surface area (Å²) in [5, 5.41) is 13.2. The second-order valence-corrected chi connectivity index (χ2v) is 9.85. The number of aryl methyl sites for hydroxylation is 3. The summed E-state index contributed by atoms with van der Waals surface area (Å²) in [7, 11) is -4.03. The molecule has 0 aliphatic carbocycles. The van der Waals surface area contributed by atoms with E-state index in [-0.39, 0.29) is 10.3 Å². The molecule has 164 valence electrons. The summed E-state index contributed by atoms with van der Waals surface area (Å²) < 4.78 is 30.3. The standard InChI is InChI=1S/C23H31NO5S/c1-8-23(6,7)22(28-25)20-11-9-19(10-12-20)18(5)24-29-30(26,27)21-16(3)13-15(2)14-17(21)4/h9-14,22,25H,8H2,1-7H3. The zero-order chi connectivity index (χ0) is 22.7. The molecule has 0 fully saturated rings. The smallest absolute Gasteiger partial charge is 0.264 e. The van der Waals surface area contributed by atoms with Gasteiger partial charge >= 0.3 is 10.1 Å². The third kappa shape index (κ3) is 5.28. The van der Waals surface area contributed by atoms with Gasteiger partial charge in [-0.25, -0.2) is 4.89 Å². The van der Waals surface area contributed by atoms with E-state index in [4.69, 9.17) is 9.17 Å². The lowest BCUT2D eigenvalue weighted by Crippen LogP contribution is -2.23. The Morgan fingerprint density at radius 3 is 2.10 bits per heavy atom. The van der Waals surface area contributed by atoms with Crippen molar-refractivity contribution in [1.29, 1.82) is 0 Å². The van der Waals surface area contributed by atoms with Crippen molar-refractivity contribution < 1.29 is 22.8 Å². The minimum atomic E-state index is -4.03. The number of benzene rings is 2. The summed E-state index contributed by atoms with van der Waals surface area (Å²) in [6.45, 7) is 13.1. The highest BCUT2D eigenvalue weighted by Gasteiger charge is 2.30. The van der Waals surface area contributed by atoms with Crippen LogP contribution in [-0.2, 0) is 19.3 Å². The Labute approximate surface area is 179 Å². The van der Waals surface area contributed by atoms with Gasteiger partial charge in [-0.05, 0) is 61.8 Å². The van der Waals surface area contributed by atoms with E-state index in [1.165, 1.54) is 0 Å². The fourth-order valence-electron chi connectivity index (χ4n) is 3.50. The molecule has 0 aliphatic heterocycles. The highest BCUT2D eigenvalue weighted by molar-refractivity contribution is 7.86. The summed E-state index contributed by atoms with van der Waals surface area (Å²) in [5.74, 6) is 0. The normalized spacial score (nSPS) is 13.9. The molecule has 2 rings (SSSR count). The van der Waals surface area contributed by atoms with E-state index < -0.39 is 16.2 Å². The van der Waals surface area contributed by atoms with Crippen molar-refractivity contribution in [3.63, 3.8) is 0 Å². The van der Waals surface area contributed by atoms with Crippen LogP contribution in [0.15, 0.2) is 46.4 Å². The Bertz CT molecular complexity index is 1000. The van der Waals surface area contributed by atoms with Crippen molar-refractivity contribution in [3.05, 3.63) is 64.2 Å². The molecule has 30 heavy (non-hydrogen) atoms. The Kier molecular flexibility index (Phi) is 7.45. The lowest BCUT2D eigenvalue weighted by Gasteiger charge is -2.31. The van der Waals surface area contributed by atoms with Crippen molar-refractivity contribution >= 4 is 15.8 Å². The van der Waals surface area contributed by atoms with Crippen LogP contribution in [0.5, 0.6) is 0 Å². The molecule has 2 aromatic rings. The molecule has 0 amide bonds. The monoisotopic (exact) mass is 433 g/mol. The van der Waals surface area contributed by atoms with Crippen LogP contribution in [0.2, 0.25) is 0 Å². The Hall–Kier alpha value is -2.22. The van der Waals surface area contributed by atoms with Gasteiger partial charge in [-0.1, -0.05) is 67.9 Å². The number of hydrogen-bond donors (Lipinski definition) is 1. The van der Waals surface area contributed by atoms with Gasteiger partial charge in [0.05, 0.1) is 5.71 Å². The molecule has 0 radical (unpaired) electrons. The first kappa shape index (κ1) is 24.1. The third-order valence-electron chi connectivity index (χ3n) is 5.48. The molecule has 0 bridgehead atoms. The zero-order valence-corrected chi connectivity index (χ0v) is 19.5. The van der Waals surface area contributed by atoms with E-state index in [0.717, 1.165) is 17.5 Å². The first-order valence-electron chi connectivity index (χ1n) is 9.89. The van der Waals surface area contributed by atoms with Crippen LogP contribution in [0.1, 0.15) is 68.0 Å². The highest BCUT2D eigenvalue weighted by atomic mass is 32.2. The summed E-state index contributed by atoms with van der Waals surface area (Å²) >= 11 is 0. The van der Waals surface area contributed by atoms with Crippen LogP contribution >= 0.6 is 0 Å². The SMILES string of the molecule is CCC(C)(C)C(OO)c1ccc(C(C)=NOS(=O)(=O)c2c(C)cc(C)cc2C)cc1. The highest BCUT2D eigenvalue weighted by Crippen LogP contribution is 2.38. The van der Waals surface area contributed by atoms with Crippen LogP contribution < -0.4 is 0 Å². The molecule has 2 aromatic carbocycles. The first-order valence-corrected chi connectivity index (χ1v) is 11.3. The van der Waals surface area contributed by atoms with Crippen LogP contribution in [-0.4, -0.2) is 19.4 Å². The van der Waals surface area contributed by atoms with Crippen LogP contribution in [0.25, 0.3) is 0 Å². The van der Waals surface area contributed by atoms with Gasteiger partial charge < -0.3 is 0 Å². The molecule has 0 aliphatic rings. The van der Waals surface area contributed by atoms with Crippen molar-refractivity contribution in [3.8, 4) is 0 Å². The van der Waals surface area contributed by atoms with Crippen molar-refractivity contribution in [2.24, 2.45) is 10.6 Å². The van der Waals surface area contributed by atoms with E-state index in [2.05, 4.69) is 5.16 Å². The van der Waals surface area contributed by atoms with E-state index in [0.29, 0.717) is 22.4 Å². The first-order chi connectivity index (χ1) is 13.9. The zero-order valence-electron chi connectivity index (χ0n) is 18.7. The topological polar surface area (TPSA) is 85.2 Å². The molecule has 0 saturated heterocycles. The Morgan fingerprint density at radius 1 is 1.10 bits per heavy atom. The second kappa shape index (κ2) is 9.29. The Balaban J connectivity index is 2.26. The van der Waals surface area contributed by atoms with E-state index in [9.17, 15) is 13.7 Å². The number of hydrogen-bond acceptors (Lipinski definition) is 6. The number of oxime groups is 1. The molecule has 1 atom stereocenters. The molecule has 1 unspecified atom stereocenters. The molecule has 6 nitrogen and oxygen atoms in total. The molecule has 1 N–H and O–H groups in total. The van der Waals surface area contributed by atoms with Crippen molar-refractivity contribution in [2.45, 2.75) is 65.9 Å². The minimum absolute atomic E-state index is 0.143. The van der Waals surface area contributed by atoms with Gasteiger partial charge in [0.15, 0.2) is 0 Å². The third-order valence-corrected chi connectivity index (χ3v) is 6.90. The Morgan fingerprint density at radius 2 is 1.63 bits per heavy atom. The largest absolute Gasteiger partial charge is 0.359 e. The predicted molar refractivity (Wildman–Crippen MR) is 118 cm³/mol. The summed E-state index contributed by atoms with van der Waals surface area (Å²) in [5.41, 5.74) is 3.93. The van der Waals surface area contributed by atoms with E-state index in [1.807, 2.05) is 39.8 Å². The van der Waals surface area contributed by atoms with Crippen LogP contribution in [0.3, 0.4) is 0 Å². The fourth-order valence-corrected chi connectivity index (χ4v) is 4.69. The van der Waals surface area contributed by atoms with Gasteiger partial charge in [0.1, 0.15) is 11.0 Å². The average Bonchev–Trinajstić information content (AvgIpc) is 2.66. The van der Waals surface area contributed by atoms with Crippen LogP contribution in [0.4, 0.5) is 0 Å². The molecule has 7 heteroatoms. The van der Waals surface area contributed by atoms with Gasteiger partial charge in [0.2, 0.25) is 0 Å². The van der Waals surface area contributed by atoms with E-state index in [1.54, 1.807) is 45.0 Å². The quantitative estimate of drug-likeness (QED) is 0.327. The summed E-state index contributed by atoms with van der Waals surface area (Å²) in [4.78, 5) is 4.87. The van der Waals surface area contributed by atoms with Gasteiger partial charge in [-0.15, -0.1) is 0 Å². The van der Waals surface area contributed by atoms with Gasteiger partial charge in [0, 0.05) is 0 Å². The van der Waals surface area contributed by atoms with Crippen molar-refractivity contribution in [2.75, 3.05) is 0 Å². The fraction of sp³-hybridized carbons (Fsp3) is 0.435. The second-order valence-electron chi connectivity index (χ2n) is 8.38. The molecular weight excluding hydrogens is 402 g/mol. The maximum atomic E-state index is 12.7. The van der Waals surface area contributed by atoms with Gasteiger partial charge in [0.25, 0.3) is 0 Å². The molecule has 0 spiro atoms. The molecule has 0 saturated carbocycles.